The molecule has 0 spiro atoms. The minimum atomic E-state index is -0.867. The summed E-state index contributed by atoms with van der Waals surface area (Å²) >= 11 is 16.7. The molecule has 1 fully saturated rings. The molecule has 0 unspecified atom stereocenters. The average Bonchev–Trinajstić information content (AvgIpc) is 2.32. The van der Waals surface area contributed by atoms with E-state index in [0.29, 0.717) is 15.6 Å². The molecule has 1 amide bonds. The van der Waals surface area contributed by atoms with Crippen molar-refractivity contribution in [1.82, 2.24) is 10.6 Å². The first-order chi connectivity index (χ1) is 8.52. The summed E-state index contributed by atoms with van der Waals surface area (Å²) in [6.07, 6.45) is 0. The fraction of sp³-hybridized carbons (Fsp3) is 0.182. The molecule has 2 N–H and O–H groups in total. The Kier molecular flexibility index (Phi) is 3.71. The van der Waals surface area contributed by atoms with Crippen molar-refractivity contribution in [3.8, 4) is 6.07 Å². The van der Waals surface area contributed by atoms with Crippen LogP contribution in [0.15, 0.2) is 18.2 Å². The second-order valence-corrected chi connectivity index (χ2v) is 4.94. The molecule has 0 bridgehead atoms. The molecule has 2 rings (SSSR count). The van der Waals surface area contributed by atoms with Crippen LogP contribution in [-0.4, -0.2) is 11.0 Å². The predicted molar refractivity (Wildman–Crippen MR) is 72.2 cm³/mol. The Labute approximate surface area is 119 Å². The van der Waals surface area contributed by atoms with Crippen molar-refractivity contribution in [2.45, 2.75) is 6.04 Å². The monoisotopic (exact) mass is 299 g/mol. The van der Waals surface area contributed by atoms with Crippen molar-refractivity contribution in [3.05, 3.63) is 33.8 Å². The maximum absolute atomic E-state index is 11.7. The highest BCUT2D eigenvalue weighted by atomic mass is 35.5. The second-order valence-electron chi connectivity index (χ2n) is 3.72. The highest BCUT2D eigenvalue weighted by Gasteiger charge is 2.35. The summed E-state index contributed by atoms with van der Waals surface area (Å²) in [6.45, 7) is 0. The first-order valence-corrected chi connectivity index (χ1v) is 6.15. The van der Waals surface area contributed by atoms with E-state index < -0.39 is 17.9 Å². The second kappa shape index (κ2) is 5.11. The third-order valence-corrected chi connectivity index (χ3v) is 3.54. The number of amides is 1. The highest BCUT2D eigenvalue weighted by Crippen LogP contribution is 2.30. The highest BCUT2D eigenvalue weighted by molar-refractivity contribution is 7.80. The van der Waals surface area contributed by atoms with Crippen LogP contribution in [0.25, 0.3) is 0 Å². The third kappa shape index (κ3) is 2.41. The number of hydrogen-bond acceptors (Lipinski definition) is 3. The Morgan fingerprint density at radius 2 is 2.06 bits per heavy atom. The van der Waals surface area contributed by atoms with Gasteiger partial charge in [0, 0.05) is 0 Å². The molecular weight excluding hydrogens is 293 g/mol. The van der Waals surface area contributed by atoms with Crippen LogP contribution in [0.4, 0.5) is 0 Å². The van der Waals surface area contributed by atoms with Crippen molar-refractivity contribution in [2.24, 2.45) is 5.92 Å². The topological polar surface area (TPSA) is 64.9 Å². The van der Waals surface area contributed by atoms with E-state index in [-0.39, 0.29) is 5.11 Å². The van der Waals surface area contributed by atoms with Crippen molar-refractivity contribution >= 4 is 46.4 Å². The largest absolute Gasteiger partial charge is 0.354 e. The van der Waals surface area contributed by atoms with Crippen LogP contribution in [0.1, 0.15) is 11.6 Å². The van der Waals surface area contributed by atoms with Gasteiger partial charge in [-0.15, -0.1) is 0 Å². The maximum Gasteiger partial charge on any atom is 0.245 e. The molecule has 1 saturated heterocycles. The van der Waals surface area contributed by atoms with Crippen LogP contribution in [-0.2, 0) is 4.79 Å². The zero-order valence-corrected chi connectivity index (χ0v) is 11.2. The lowest BCUT2D eigenvalue weighted by Crippen LogP contribution is -2.53. The van der Waals surface area contributed by atoms with Crippen LogP contribution >= 0.6 is 35.4 Å². The molecule has 1 aliphatic heterocycles. The van der Waals surface area contributed by atoms with Crippen LogP contribution in [0.3, 0.4) is 0 Å². The van der Waals surface area contributed by atoms with Crippen molar-refractivity contribution in [2.75, 3.05) is 0 Å². The molecular formula is C11H7Cl2N3OS. The molecule has 4 nitrogen and oxygen atoms in total. The number of nitrogens with zero attached hydrogens (tertiary/aromatic N) is 1. The predicted octanol–water partition coefficient (Wildman–Crippen LogP) is 2.18. The van der Waals surface area contributed by atoms with E-state index in [4.69, 9.17) is 40.7 Å². The van der Waals surface area contributed by atoms with E-state index >= 15 is 0 Å². The summed E-state index contributed by atoms with van der Waals surface area (Å²) in [5.41, 5.74) is 0.688. The van der Waals surface area contributed by atoms with E-state index in [0.717, 1.165) is 0 Å². The number of thiocarbonyl (C=S) groups is 1. The molecule has 2 atom stereocenters. The summed E-state index contributed by atoms with van der Waals surface area (Å²) in [7, 11) is 0. The standard InChI is InChI=1S/C11H7Cl2N3OS/c12-7-2-1-5(3-8(7)13)9-6(4-14)10(17)16-11(18)15-9/h1-3,6,9H,(H2,15,16,17,18)/t6-,9+/m0/s1. The van der Waals surface area contributed by atoms with Gasteiger partial charge >= 0.3 is 0 Å². The molecule has 1 aliphatic rings. The van der Waals surface area contributed by atoms with E-state index in [1.54, 1.807) is 18.2 Å². The molecule has 1 aromatic carbocycles. The van der Waals surface area contributed by atoms with Gasteiger partial charge in [-0.3, -0.25) is 4.79 Å². The van der Waals surface area contributed by atoms with Gasteiger partial charge < -0.3 is 10.6 Å². The normalized spacial score (nSPS) is 22.9. The van der Waals surface area contributed by atoms with Gasteiger partial charge in [-0.1, -0.05) is 29.3 Å². The number of carbonyl (C=O) groups is 1. The SMILES string of the molecule is N#C[C@@H]1C(=O)NC(=S)N[C@@H]1c1ccc(Cl)c(Cl)c1. The molecule has 18 heavy (non-hydrogen) atoms. The lowest BCUT2D eigenvalue weighted by molar-refractivity contribution is -0.123. The molecule has 0 aromatic heterocycles. The number of rotatable bonds is 1. The number of benzene rings is 1. The average molecular weight is 300 g/mol. The Hall–Kier alpha value is -1.35. The Balaban J connectivity index is 2.40. The summed E-state index contributed by atoms with van der Waals surface area (Å²) in [5, 5.41) is 15.3. The quantitative estimate of drug-likeness (QED) is 0.780. The number of nitrogens with one attached hydrogen (secondary N) is 2. The Morgan fingerprint density at radius 1 is 1.33 bits per heavy atom. The summed E-state index contributed by atoms with van der Waals surface area (Å²) in [6, 6.07) is 6.36. The van der Waals surface area contributed by atoms with E-state index in [9.17, 15) is 4.79 Å². The zero-order chi connectivity index (χ0) is 13.3. The van der Waals surface area contributed by atoms with Gasteiger partial charge in [-0.25, -0.2) is 0 Å². The minimum absolute atomic E-state index is 0.197. The van der Waals surface area contributed by atoms with Gasteiger partial charge in [0.05, 0.1) is 22.2 Å². The smallest absolute Gasteiger partial charge is 0.245 e. The van der Waals surface area contributed by atoms with E-state index in [2.05, 4.69) is 10.6 Å². The van der Waals surface area contributed by atoms with Gasteiger partial charge in [0.2, 0.25) is 5.91 Å². The molecule has 0 radical (unpaired) electrons. The Morgan fingerprint density at radius 3 is 2.67 bits per heavy atom. The first kappa shape index (κ1) is 13.1. The molecule has 92 valence electrons. The molecule has 0 saturated carbocycles. The lowest BCUT2D eigenvalue weighted by atomic mass is 9.92. The van der Waals surface area contributed by atoms with E-state index in [1.807, 2.05) is 6.07 Å². The van der Waals surface area contributed by atoms with Crippen LogP contribution in [0, 0.1) is 17.2 Å². The first-order valence-electron chi connectivity index (χ1n) is 4.99. The summed E-state index contributed by atoms with van der Waals surface area (Å²) in [4.78, 5) is 11.7. The fourth-order valence-corrected chi connectivity index (χ4v) is 2.25. The number of hydrogen-bond donors (Lipinski definition) is 2. The Bertz CT molecular complexity index is 570. The van der Waals surface area contributed by atoms with Crippen LogP contribution in [0.2, 0.25) is 10.0 Å². The van der Waals surface area contributed by atoms with Crippen LogP contribution in [0.5, 0.6) is 0 Å². The van der Waals surface area contributed by atoms with Gasteiger partial charge in [0.1, 0.15) is 5.92 Å². The van der Waals surface area contributed by atoms with Gasteiger partial charge in [0.15, 0.2) is 5.11 Å². The summed E-state index contributed by atoms with van der Waals surface area (Å²) < 4.78 is 0. The number of nitriles is 1. The van der Waals surface area contributed by atoms with Crippen molar-refractivity contribution in [1.29, 1.82) is 5.26 Å². The molecule has 1 heterocycles. The van der Waals surface area contributed by atoms with Crippen molar-refractivity contribution < 1.29 is 4.79 Å². The lowest BCUT2D eigenvalue weighted by Gasteiger charge is -2.29. The van der Waals surface area contributed by atoms with Crippen LogP contribution < -0.4 is 10.6 Å². The fourth-order valence-electron chi connectivity index (χ4n) is 1.72. The third-order valence-electron chi connectivity index (χ3n) is 2.58. The summed E-state index contributed by atoms with van der Waals surface area (Å²) in [5.74, 6) is -1.29. The molecule has 0 aliphatic carbocycles. The number of carbonyl (C=O) groups excluding carboxylic acids is 1. The molecule has 7 heteroatoms. The van der Waals surface area contributed by atoms with E-state index in [1.165, 1.54) is 0 Å². The number of halogens is 2. The van der Waals surface area contributed by atoms with Gasteiger partial charge in [-0.2, -0.15) is 5.26 Å². The zero-order valence-electron chi connectivity index (χ0n) is 8.91. The molecule has 1 aromatic rings. The van der Waals surface area contributed by atoms with Crippen molar-refractivity contribution in [3.63, 3.8) is 0 Å². The van der Waals surface area contributed by atoms with Gasteiger partial charge in [-0.05, 0) is 29.9 Å². The minimum Gasteiger partial charge on any atom is -0.354 e. The van der Waals surface area contributed by atoms with Gasteiger partial charge in [0.25, 0.3) is 0 Å². The maximum atomic E-state index is 11.7.